The van der Waals surface area contributed by atoms with E-state index in [0.717, 1.165) is 16.3 Å². The lowest BCUT2D eigenvalue weighted by Gasteiger charge is -2.07. The van der Waals surface area contributed by atoms with Gasteiger partial charge in [0.05, 0.1) is 5.69 Å². The summed E-state index contributed by atoms with van der Waals surface area (Å²) in [6, 6.07) is 10.5. The summed E-state index contributed by atoms with van der Waals surface area (Å²) >= 11 is 5.81. The van der Waals surface area contributed by atoms with Gasteiger partial charge in [0, 0.05) is 24.0 Å². The largest absolute Gasteiger partial charge is 0.435 e. The van der Waals surface area contributed by atoms with Crippen LogP contribution in [0.15, 0.2) is 54.9 Å². The lowest BCUT2D eigenvalue weighted by atomic mass is 10.2. The highest BCUT2D eigenvalue weighted by molar-refractivity contribution is 6.30. The molecule has 0 aliphatic rings. The van der Waals surface area contributed by atoms with Crippen LogP contribution in [0, 0.1) is 0 Å². The molecular weight excluding hydrogens is 369 g/mol. The number of carbonyl (C=O) groups is 1. The molecule has 0 radical (unpaired) electrons. The van der Waals surface area contributed by atoms with Gasteiger partial charge in [0.25, 0.3) is 5.91 Å². The Labute approximate surface area is 151 Å². The lowest BCUT2D eigenvalue weighted by Crippen LogP contribution is -2.23. The van der Waals surface area contributed by atoms with E-state index >= 15 is 0 Å². The van der Waals surface area contributed by atoms with Crippen molar-refractivity contribution in [1.82, 2.24) is 20.1 Å². The molecule has 0 saturated heterocycles. The van der Waals surface area contributed by atoms with Gasteiger partial charge in [-0.05, 0) is 35.9 Å². The summed E-state index contributed by atoms with van der Waals surface area (Å²) in [4.78, 5) is 15.9. The number of hydrogen-bond acceptors (Lipinski definition) is 3. The number of nitrogens with zero attached hydrogens (tertiary/aromatic N) is 3. The van der Waals surface area contributed by atoms with E-state index in [0.29, 0.717) is 10.7 Å². The quantitative estimate of drug-likeness (QED) is 0.747. The maximum absolute atomic E-state index is 12.6. The highest BCUT2D eigenvalue weighted by Crippen LogP contribution is 2.27. The van der Waals surface area contributed by atoms with Crippen LogP contribution in [0.1, 0.15) is 21.7 Å². The van der Waals surface area contributed by atoms with Crippen molar-refractivity contribution in [3.8, 4) is 5.69 Å². The molecule has 3 aromatic rings. The molecule has 1 aromatic carbocycles. The molecule has 2 heterocycles. The smallest absolute Gasteiger partial charge is 0.347 e. The number of benzene rings is 1. The third-order valence-electron chi connectivity index (χ3n) is 3.49. The second-order valence-corrected chi connectivity index (χ2v) is 5.79. The van der Waals surface area contributed by atoms with E-state index in [4.69, 9.17) is 11.6 Å². The van der Waals surface area contributed by atoms with Crippen LogP contribution < -0.4 is 5.32 Å². The van der Waals surface area contributed by atoms with E-state index < -0.39 is 11.9 Å². The third kappa shape index (κ3) is 4.20. The average Bonchev–Trinajstić information content (AvgIpc) is 3.10. The van der Waals surface area contributed by atoms with E-state index in [-0.39, 0.29) is 18.1 Å². The molecule has 0 saturated carbocycles. The van der Waals surface area contributed by atoms with Crippen LogP contribution >= 0.6 is 11.6 Å². The Morgan fingerprint density at radius 2 is 1.88 bits per heavy atom. The number of amides is 1. The SMILES string of the molecule is O=C(NCc1ccc(-n2ccc(C(F)(F)F)n2)cc1)c1cc(Cl)ccn1. The van der Waals surface area contributed by atoms with Crippen LogP contribution in [-0.4, -0.2) is 20.7 Å². The summed E-state index contributed by atoms with van der Waals surface area (Å²) in [6.07, 6.45) is -1.81. The van der Waals surface area contributed by atoms with Crippen LogP contribution in [0.5, 0.6) is 0 Å². The van der Waals surface area contributed by atoms with Crippen LogP contribution in [-0.2, 0) is 12.7 Å². The number of hydrogen-bond donors (Lipinski definition) is 1. The maximum Gasteiger partial charge on any atom is 0.435 e. The van der Waals surface area contributed by atoms with Gasteiger partial charge in [-0.25, -0.2) is 4.68 Å². The fourth-order valence-corrected chi connectivity index (χ4v) is 2.35. The Hall–Kier alpha value is -2.87. The molecule has 134 valence electrons. The summed E-state index contributed by atoms with van der Waals surface area (Å²) in [5.74, 6) is -0.376. The first kappa shape index (κ1) is 17.9. The Morgan fingerprint density at radius 3 is 2.50 bits per heavy atom. The predicted octanol–water partition coefficient (Wildman–Crippen LogP) is 3.87. The normalized spacial score (nSPS) is 11.4. The van der Waals surface area contributed by atoms with Gasteiger partial charge in [-0.3, -0.25) is 9.78 Å². The Balaban J connectivity index is 1.64. The second kappa shape index (κ2) is 7.17. The minimum Gasteiger partial charge on any atom is -0.347 e. The van der Waals surface area contributed by atoms with Crippen LogP contribution in [0.4, 0.5) is 13.2 Å². The molecule has 0 fully saturated rings. The summed E-state index contributed by atoms with van der Waals surface area (Å²) < 4.78 is 38.9. The maximum atomic E-state index is 12.6. The minimum absolute atomic E-state index is 0.199. The van der Waals surface area contributed by atoms with Crippen molar-refractivity contribution in [2.24, 2.45) is 0 Å². The summed E-state index contributed by atoms with van der Waals surface area (Å²) in [6.45, 7) is 0.236. The lowest BCUT2D eigenvalue weighted by molar-refractivity contribution is -0.141. The topological polar surface area (TPSA) is 59.8 Å². The first-order valence-electron chi connectivity index (χ1n) is 7.45. The van der Waals surface area contributed by atoms with Crippen molar-refractivity contribution in [1.29, 1.82) is 0 Å². The number of nitrogens with one attached hydrogen (secondary N) is 1. The van der Waals surface area contributed by atoms with E-state index in [2.05, 4.69) is 15.4 Å². The van der Waals surface area contributed by atoms with Crippen molar-refractivity contribution in [3.63, 3.8) is 0 Å². The Bertz CT molecular complexity index is 922. The van der Waals surface area contributed by atoms with Gasteiger partial charge in [0.2, 0.25) is 0 Å². The zero-order valence-electron chi connectivity index (χ0n) is 13.2. The van der Waals surface area contributed by atoms with Gasteiger partial charge in [-0.2, -0.15) is 18.3 Å². The third-order valence-corrected chi connectivity index (χ3v) is 3.72. The highest BCUT2D eigenvalue weighted by atomic mass is 35.5. The number of rotatable bonds is 4. The van der Waals surface area contributed by atoms with Gasteiger partial charge >= 0.3 is 6.18 Å². The van der Waals surface area contributed by atoms with Gasteiger partial charge < -0.3 is 5.32 Å². The molecule has 9 heteroatoms. The van der Waals surface area contributed by atoms with E-state index in [1.807, 2.05) is 0 Å². The van der Waals surface area contributed by atoms with Crippen molar-refractivity contribution >= 4 is 17.5 Å². The zero-order valence-corrected chi connectivity index (χ0v) is 13.9. The molecule has 3 rings (SSSR count). The standard InChI is InChI=1S/C17H12ClF3N4O/c18-12-5-7-22-14(9-12)16(26)23-10-11-1-3-13(4-2-11)25-8-6-15(24-25)17(19,20)21/h1-9H,10H2,(H,23,26). The monoisotopic (exact) mass is 380 g/mol. The van der Waals surface area contributed by atoms with Crippen molar-refractivity contribution in [2.45, 2.75) is 12.7 Å². The number of alkyl halides is 3. The van der Waals surface area contributed by atoms with Gasteiger partial charge in [0.15, 0.2) is 5.69 Å². The summed E-state index contributed by atoms with van der Waals surface area (Å²) in [7, 11) is 0. The molecule has 0 atom stereocenters. The van der Waals surface area contributed by atoms with Crippen molar-refractivity contribution < 1.29 is 18.0 Å². The molecule has 2 aromatic heterocycles. The molecule has 5 nitrogen and oxygen atoms in total. The van der Waals surface area contributed by atoms with Crippen LogP contribution in [0.2, 0.25) is 5.02 Å². The zero-order chi connectivity index (χ0) is 18.7. The molecule has 0 unspecified atom stereocenters. The van der Waals surface area contributed by atoms with Gasteiger partial charge in [-0.1, -0.05) is 23.7 Å². The van der Waals surface area contributed by atoms with Crippen LogP contribution in [0.25, 0.3) is 5.69 Å². The first-order valence-corrected chi connectivity index (χ1v) is 7.83. The number of carbonyl (C=O) groups excluding carboxylic acids is 1. The number of aromatic nitrogens is 3. The molecule has 0 aliphatic carbocycles. The minimum atomic E-state index is -4.48. The Kier molecular flexibility index (Phi) is 4.94. The second-order valence-electron chi connectivity index (χ2n) is 5.35. The summed E-state index contributed by atoms with van der Waals surface area (Å²) in [5, 5.41) is 6.61. The summed E-state index contributed by atoms with van der Waals surface area (Å²) in [5.41, 5.74) is 0.493. The molecular formula is C17H12ClF3N4O. The number of pyridine rings is 1. The predicted molar refractivity (Wildman–Crippen MR) is 89.0 cm³/mol. The fourth-order valence-electron chi connectivity index (χ4n) is 2.19. The average molecular weight is 381 g/mol. The van der Waals surface area contributed by atoms with E-state index in [1.54, 1.807) is 30.3 Å². The van der Waals surface area contributed by atoms with Gasteiger partial charge in [-0.15, -0.1) is 0 Å². The fraction of sp³-hybridized carbons (Fsp3) is 0.118. The molecule has 0 aliphatic heterocycles. The van der Waals surface area contributed by atoms with Gasteiger partial charge in [0.1, 0.15) is 5.69 Å². The molecule has 0 spiro atoms. The number of halogens is 4. The highest BCUT2D eigenvalue weighted by Gasteiger charge is 2.33. The Morgan fingerprint density at radius 1 is 1.15 bits per heavy atom. The molecule has 1 amide bonds. The molecule has 1 N–H and O–H groups in total. The molecule has 0 bridgehead atoms. The van der Waals surface area contributed by atoms with Crippen molar-refractivity contribution in [2.75, 3.05) is 0 Å². The van der Waals surface area contributed by atoms with Crippen LogP contribution in [0.3, 0.4) is 0 Å². The molecule has 26 heavy (non-hydrogen) atoms. The first-order chi connectivity index (χ1) is 12.3. The van der Waals surface area contributed by atoms with E-state index in [9.17, 15) is 18.0 Å². The van der Waals surface area contributed by atoms with Crippen molar-refractivity contribution in [3.05, 3.63) is 76.8 Å². The van der Waals surface area contributed by atoms with E-state index in [1.165, 1.54) is 18.5 Å².